The van der Waals surface area contributed by atoms with Crippen molar-refractivity contribution in [3.8, 4) is 28.4 Å². The van der Waals surface area contributed by atoms with Crippen molar-refractivity contribution in [2.24, 2.45) is 0 Å². The minimum Gasteiger partial charge on any atom is -0.484 e. The predicted octanol–water partition coefficient (Wildman–Crippen LogP) is 7.35. The highest BCUT2D eigenvalue weighted by Crippen LogP contribution is 2.46. The van der Waals surface area contributed by atoms with Gasteiger partial charge in [0.25, 0.3) is 29.5 Å². The third kappa shape index (κ3) is 10.4. The standard InChI is InChI=1S/C52H47N7O11Si/c1-30-50-31(2)69-71(68-30,70-50)23-9-22-53-45(60)27-65-36-25-34-24-35(26-36)52(64)59-44-17-8-15-42(55-44)57-47(62)29-67-40-21-19-33-11-4-6-13-38(33)49(40)48-37-12-5-3-10-32(37)18-20-39(48)66-28-46(61)56-41-14-7-16-43(54-41)58-51(34)63/h3-8,10-21,24-26,30-31,50H,9,22-23,27-29H2,1-2H3,(H,53,60)(H2,54,56,58,61,63)(H2,55,57,59,62,64)/t30-,31+,50+,71?. The minimum atomic E-state index is -2.77. The number of ether oxygens (including phenoxy) is 3. The van der Waals surface area contributed by atoms with E-state index >= 15 is 0 Å². The van der Waals surface area contributed by atoms with E-state index in [9.17, 15) is 24.0 Å². The van der Waals surface area contributed by atoms with Crippen LogP contribution in [0.5, 0.6) is 17.2 Å². The molecule has 71 heavy (non-hydrogen) atoms. The van der Waals surface area contributed by atoms with Gasteiger partial charge < -0.3 is 54.1 Å². The van der Waals surface area contributed by atoms with Gasteiger partial charge in [-0.05, 0) is 96.4 Å². The minimum absolute atomic E-state index is 0.0174. The number of nitrogens with zero attached hydrogens (tertiary/aromatic N) is 2. The highest BCUT2D eigenvalue weighted by Gasteiger charge is 2.60. The quantitative estimate of drug-likeness (QED) is 0.0779. The van der Waals surface area contributed by atoms with E-state index in [0.29, 0.717) is 41.6 Å². The average Bonchev–Trinajstić information content (AvgIpc) is 3.88. The monoisotopic (exact) mass is 973 g/mol. The first-order valence-electron chi connectivity index (χ1n) is 23.0. The van der Waals surface area contributed by atoms with Crippen molar-refractivity contribution >= 4 is 83.2 Å². The molecule has 3 aliphatic heterocycles. The molecular formula is C52H47N7O11Si. The molecule has 0 saturated carbocycles. The summed E-state index contributed by atoms with van der Waals surface area (Å²) in [5, 5.41) is 17.2. The van der Waals surface area contributed by atoms with Gasteiger partial charge in [-0.3, -0.25) is 24.0 Å². The SMILES string of the molecule is C[C@@H]1O[Si]2(CCCNC(=O)COc3cc4cc(c3)C(=O)Nc3cccc(n3)NC(=O)COc3ccc5ccccc5c3-c3c(ccc5ccccc35)OCC(=O)Nc3cccc(n3)NC4=O)O[C@H]1[C@@H](C)O2. The molecule has 2 fully saturated rings. The van der Waals surface area contributed by atoms with Gasteiger partial charge in [0.1, 0.15) is 40.5 Å². The number of hydrogen-bond donors (Lipinski definition) is 5. The zero-order valence-electron chi connectivity index (χ0n) is 38.5. The molecule has 0 aliphatic carbocycles. The van der Waals surface area contributed by atoms with Crippen molar-refractivity contribution in [2.45, 2.75) is 44.6 Å². The van der Waals surface area contributed by atoms with Crippen molar-refractivity contribution in [3.63, 3.8) is 0 Å². The van der Waals surface area contributed by atoms with Crippen molar-refractivity contribution in [1.82, 2.24) is 15.3 Å². The summed E-state index contributed by atoms with van der Waals surface area (Å²) in [5.74, 6) is -1.68. The number of pyridine rings is 2. The normalized spacial score (nSPS) is 20.1. The first-order valence-corrected chi connectivity index (χ1v) is 24.9. The van der Waals surface area contributed by atoms with Crippen molar-refractivity contribution < 1.29 is 51.5 Å². The fraction of sp³-hybridized carbons (Fsp3) is 0.212. The highest BCUT2D eigenvalue weighted by molar-refractivity contribution is 6.62. The lowest BCUT2D eigenvalue weighted by Crippen LogP contribution is -2.44. The van der Waals surface area contributed by atoms with Crippen LogP contribution in [-0.4, -0.2) is 93.0 Å². The van der Waals surface area contributed by atoms with Crippen LogP contribution in [0.4, 0.5) is 23.3 Å². The number of anilines is 4. The Labute approximate surface area is 407 Å². The van der Waals surface area contributed by atoms with Crippen LogP contribution in [0, 0.1) is 0 Å². The molecule has 5 N–H and O–H groups in total. The number of carbonyl (C=O) groups excluding carboxylic acids is 5. The number of aromatic nitrogens is 2. The highest BCUT2D eigenvalue weighted by atomic mass is 28.4. The Morgan fingerprint density at radius 3 is 1.62 bits per heavy atom. The first kappa shape index (κ1) is 46.5. The van der Waals surface area contributed by atoms with Crippen LogP contribution in [0.25, 0.3) is 32.7 Å². The molecule has 360 valence electrons. The molecule has 4 atom stereocenters. The molecule has 5 amide bonds. The Balaban J connectivity index is 0.919. The third-order valence-electron chi connectivity index (χ3n) is 12.0. The Hall–Kier alpha value is -8.23. The second-order valence-electron chi connectivity index (χ2n) is 17.1. The van der Waals surface area contributed by atoms with E-state index in [1.54, 1.807) is 36.4 Å². The lowest BCUT2D eigenvalue weighted by molar-refractivity contribution is -0.123. The number of nitrogens with one attached hydrogen (secondary N) is 5. The Kier molecular flexibility index (Phi) is 13.1. The van der Waals surface area contributed by atoms with E-state index in [-0.39, 0.29) is 58.5 Å². The van der Waals surface area contributed by atoms with Crippen molar-refractivity contribution in [1.29, 1.82) is 0 Å². The summed E-state index contributed by atoms with van der Waals surface area (Å²) in [4.78, 5) is 76.8. The molecule has 1 unspecified atom stereocenters. The van der Waals surface area contributed by atoms with Crippen LogP contribution in [0.1, 0.15) is 41.0 Å². The summed E-state index contributed by atoms with van der Waals surface area (Å²) in [6, 6.07) is 36.9. The van der Waals surface area contributed by atoms with E-state index in [2.05, 4.69) is 36.6 Å². The Morgan fingerprint density at radius 2 is 1.11 bits per heavy atom. The number of fused-ring (bicyclic) bond motifs is 15. The van der Waals surface area contributed by atoms with E-state index in [4.69, 9.17) is 27.5 Å². The maximum absolute atomic E-state index is 13.9. The second kappa shape index (κ2) is 20.0. The molecule has 7 aromatic rings. The topological polar surface area (TPSA) is 227 Å². The van der Waals surface area contributed by atoms with Gasteiger partial charge in [-0.1, -0.05) is 72.8 Å². The predicted molar refractivity (Wildman–Crippen MR) is 266 cm³/mol. The van der Waals surface area contributed by atoms with Gasteiger partial charge in [-0.15, -0.1) is 0 Å². The summed E-state index contributed by atoms with van der Waals surface area (Å²) in [7, 11) is -2.77. The van der Waals surface area contributed by atoms with Crippen LogP contribution >= 0.6 is 0 Å². The number of amides is 5. The molecule has 19 heteroatoms. The van der Waals surface area contributed by atoms with Gasteiger partial charge in [-0.25, -0.2) is 9.97 Å². The number of rotatable bonds is 7. The van der Waals surface area contributed by atoms with Gasteiger partial charge in [0.2, 0.25) is 0 Å². The molecule has 2 saturated heterocycles. The summed E-state index contributed by atoms with van der Waals surface area (Å²) >= 11 is 0. The first-order chi connectivity index (χ1) is 34.5. The molecule has 2 aromatic heterocycles. The molecule has 5 aromatic carbocycles. The van der Waals surface area contributed by atoms with Crippen LogP contribution in [-0.2, 0) is 27.7 Å². The molecule has 0 radical (unpaired) electrons. The lowest BCUT2D eigenvalue weighted by Gasteiger charge is -2.26. The summed E-state index contributed by atoms with van der Waals surface area (Å²) in [6.45, 7) is 2.97. The number of carbonyl (C=O) groups is 5. The van der Waals surface area contributed by atoms with Gasteiger partial charge in [0.05, 0.1) is 18.3 Å². The summed E-state index contributed by atoms with van der Waals surface area (Å²) < 4.78 is 36.6. The largest absolute Gasteiger partial charge is 0.502 e. The van der Waals surface area contributed by atoms with Gasteiger partial charge >= 0.3 is 8.80 Å². The average molecular weight is 974 g/mol. The van der Waals surface area contributed by atoms with Crippen molar-refractivity contribution in [2.75, 3.05) is 47.6 Å². The maximum Gasteiger partial charge on any atom is 0.502 e. The van der Waals surface area contributed by atoms with E-state index in [1.165, 1.54) is 30.3 Å². The number of benzene rings is 5. The fourth-order valence-electron chi connectivity index (χ4n) is 8.85. The molecular weight excluding hydrogens is 927 g/mol. The smallest absolute Gasteiger partial charge is 0.484 e. The van der Waals surface area contributed by atoms with Crippen LogP contribution in [0.15, 0.2) is 127 Å². The Morgan fingerprint density at radius 1 is 0.620 bits per heavy atom. The molecule has 8 bridgehead atoms. The number of hydrogen-bond acceptors (Lipinski definition) is 13. The van der Waals surface area contributed by atoms with Crippen molar-refractivity contribution in [3.05, 3.63) is 139 Å². The zero-order valence-corrected chi connectivity index (χ0v) is 39.5. The Bertz CT molecular complexity index is 3050. The van der Waals surface area contributed by atoms with Crippen LogP contribution in [0.3, 0.4) is 0 Å². The molecule has 3 aliphatic rings. The fourth-order valence-corrected chi connectivity index (χ4v) is 12.2. The summed E-state index contributed by atoms with van der Waals surface area (Å²) in [5.41, 5.74) is 1.26. The third-order valence-corrected chi connectivity index (χ3v) is 15.1. The van der Waals surface area contributed by atoms with Gasteiger partial charge in [0, 0.05) is 34.8 Å². The summed E-state index contributed by atoms with van der Waals surface area (Å²) in [6.07, 6.45) is 0.398. The van der Waals surface area contributed by atoms with E-state index in [1.807, 2.05) is 74.5 Å². The zero-order chi connectivity index (χ0) is 49.1. The van der Waals surface area contributed by atoms with E-state index < -0.39 is 58.2 Å². The maximum atomic E-state index is 13.9. The van der Waals surface area contributed by atoms with Crippen LogP contribution < -0.4 is 40.8 Å². The lowest BCUT2D eigenvalue weighted by atomic mass is 9.92. The van der Waals surface area contributed by atoms with Gasteiger partial charge in [0.15, 0.2) is 19.8 Å². The molecule has 10 rings (SSSR count). The van der Waals surface area contributed by atoms with E-state index in [0.717, 1.165) is 21.5 Å². The second-order valence-corrected chi connectivity index (χ2v) is 19.7. The molecule has 0 spiro atoms. The van der Waals surface area contributed by atoms with Crippen LogP contribution in [0.2, 0.25) is 6.04 Å². The van der Waals surface area contributed by atoms with Gasteiger partial charge in [-0.2, -0.15) is 0 Å². The molecule has 18 nitrogen and oxygen atoms in total. The molecule has 5 heterocycles.